The van der Waals surface area contributed by atoms with Gasteiger partial charge in [-0.15, -0.1) is 0 Å². The van der Waals surface area contributed by atoms with Gasteiger partial charge in [0.05, 0.1) is 0 Å². The number of aryl methyl sites for hydroxylation is 1. The lowest BCUT2D eigenvalue weighted by Crippen LogP contribution is -2.15. The van der Waals surface area contributed by atoms with Crippen molar-refractivity contribution in [3.05, 3.63) is 71.5 Å². The van der Waals surface area contributed by atoms with E-state index in [1.807, 2.05) is 48.5 Å². The number of amides is 1. The Hall–Kier alpha value is -2.88. The lowest BCUT2D eigenvalue weighted by atomic mass is 9.96. The standard InChI is InChI=1S/C21H22N2O2/c1-4-14(2)17-12-8-9-13-18(17)22-21(24)19-15(3)25-23-20(19)16-10-6-5-7-11-16/h5-14H,4H2,1-3H3,(H,22,24)/t14-/m1/s1. The van der Waals surface area contributed by atoms with E-state index in [1.165, 1.54) is 0 Å². The molecule has 3 aromatic rings. The van der Waals surface area contributed by atoms with Gasteiger partial charge >= 0.3 is 0 Å². The molecule has 0 radical (unpaired) electrons. The van der Waals surface area contributed by atoms with Crippen molar-refractivity contribution >= 4 is 11.6 Å². The second-order valence-electron chi connectivity index (χ2n) is 6.18. The van der Waals surface area contributed by atoms with Gasteiger partial charge in [0.2, 0.25) is 0 Å². The van der Waals surface area contributed by atoms with Gasteiger partial charge in [0.25, 0.3) is 5.91 Å². The molecule has 3 rings (SSSR count). The summed E-state index contributed by atoms with van der Waals surface area (Å²) in [6.45, 7) is 6.06. The first-order valence-electron chi connectivity index (χ1n) is 8.53. The normalized spacial score (nSPS) is 12.0. The summed E-state index contributed by atoms with van der Waals surface area (Å²) in [6, 6.07) is 17.5. The topological polar surface area (TPSA) is 55.1 Å². The van der Waals surface area contributed by atoms with Gasteiger partial charge in [0.1, 0.15) is 17.0 Å². The summed E-state index contributed by atoms with van der Waals surface area (Å²) in [5.41, 5.74) is 3.87. The average Bonchev–Trinajstić information content (AvgIpc) is 3.04. The van der Waals surface area contributed by atoms with Gasteiger partial charge in [-0.25, -0.2) is 0 Å². The van der Waals surface area contributed by atoms with Crippen molar-refractivity contribution in [1.82, 2.24) is 5.16 Å². The van der Waals surface area contributed by atoms with E-state index in [0.717, 1.165) is 23.2 Å². The van der Waals surface area contributed by atoms with Crippen molar-refractivity contribution < 1.29 is 9.32 Å². The maximum absolute atomic E-state index is 12.9. The minimum atomic E-state index is -0.201. The number of anilines is 1. The fraction of sp³-hybridized carbons (Fsp3) is 0.238. The predicted molar refractivity (Wildman–Crippen MR) is 99.8 cm³/mol. The minimum Gasteiger partial charge on any atom is -0.360 e. The van der Waals surface area contributed by atoms with Crippen LogP contribution >= 0.6 is 0 Å². The van der Waals surface area contributed by atoms with Crippen LogP contribution in [-0.2, 0) is 0 Å². The lowest BCUT2D eigenvalue weighted by molar-refractivity contribution is 0.102. The molecule has 1 N–H and O–H groups in total. The number of para-hydroxylation sites is 1. The van der Waals surface area contributed by atoms with Crippen molar-refractivity contribution in [3.63, 3.8) is 0 Å². The van der Waals surface area contributed by atoms with Crippen LogP contribution in [0.1, 0.15) is 47.9 Å². The zero-order chi connectivity index (χ0) is 17.8. The van der Waals surface area contributed by atoms with Crippen LogP contribution in [0.5, 0.6) is 0 Å². The summed E-state index contributed by atoms with van der Waals surface area (Å²) in [5.74, 6) is 0.680. The number of nitrogens with one attached hydrogen (secondary N) is 1. The zero-order valence-electron chi connectivity index (χ0n) is 14.7. The Morgan fingerprint density at radius 2 is 1.80 bits per heavy atom. The molecule has 2 aromatic carbocycles. The molecular formula is C21H22N2O2. The van der Waals surface area contributed by atoms with Gasteiger partial charge in [0, 0.05) is 11.3 Å². The summed E-state index contributed by atoms with van der Waals surface area (Å²) in [5, 5.41) is 7.13. The summed E-state index contributed by atoms with van der Waals surface area (Å²) in [4.78, 5) is 12.9. The van der Waals surface area contributed by atoms with E-state index in [9.17, 15) is 4.79 Å². The van der Waals surface area contributed by atoms with E-state index in [1.54, 1.807) is 6.92 Å². The van der Waals surface area contributed by atoms with E-state index in [4.69, 9.17) is 4.52 Å². The number of nitrogens with zero attached hydrogens (tertiary/aromatic N) is 1. The molecule has 0 saturated heterocycles. The van der Waals surface area contributed by atoms with Crippen molar-refractivity contribution in [3.8, 4) is 11.3 Å². The molecule has 1 atom stereocenters. The van der Waals surface area contributed by atoms with Crippen LogP contribution in [0.25, 0.3) is 11.3 Å². The SMILES string of the molecule is CC[C@@H](C)c1ccccc1NC(=O)c1c(-c2ccccc2)noc1C. The smallest absolute Gasteiger partial charge is 0.261 e. The third-order valence-corrected chi connectivity index (χ3v) is 4.49. The number of benzene rings is 2. The first-order valence-corrected chi connectivity index (χ1v) is 8.53. The highest BCUT2D eigenvalue weighted by molar-refractivity contribution is 6.09. The van der Waals surface area contributed by atoms with E-state index < -0.39 is 0 Å². The summed E-state index contributed by atoms with van der Waals surface area (Å²) < 4.78 is 5.30. The Morgan fingerprint density at radius 3 is 2.52 bits per heavy atom. The van der Waals surface area contributed by atoms with Crippen LogP contribution in [0.4, 0.5) is 5.69 Å². The minimum absolute atomic E-state index is 0.201. The average molecular weight is 334 g/mol. The first-order chi connectivity index (χ1) is 12.1. The number of hydrogen-bond donors (Lipinski definition) is 1. The maximum atomic E-state index is 12.9. The molecule has 4 nitrogen and oxygen atoms in total. The van der Waals surface area contributed by atoms with Crippen molar-refractivity contribution in [2.45, 2.75) is 33.1 Å². The van der Waals surface area contributed by atoms with Crippen LogP contribution in [-0.4, -0.2) is 11.1 Å². The highest BCUT2D eigenvalue weighted by Crippen LogP contribution is 2.29. The Labute approximate surface area is 147 Å². The Kier molecular flexibility index (Phi) is 4.98. The van der Waals surface area contributed by atoms with Gasteiger partial charge in [-0.2, -0.15) is 0 Å². The van der Waals surface area contributed by atoms with Crippen molar-refractivity contribution in [2.24, 2.45) is 0 Å². The molecular weight excluding hydrogens is 312 g/mol. The first kappa shape index (κ1) is 17.0. The summed E-state index contributed by atoms with van der Waals surface area (Å²) in [6.07, 6.45) is 1.01. The Morgan fingerprint density at radius 1 is 1.12 bits per heavy atom. The molecule has 25 heavy (non-hydrogen) atoms. The quantitative estimate of drug-likeness (QED) is 0.678. The van der Waals surface area contributed by atoms with E-state index >= 15 is 0 Å². The third-order valence-electron chi connectivity index (χ3n) is 4.49. The van der Waals surface area contributed by atoms with Gasteiger partial charge in [0.15, 0.2) is 0 Å². The van der Waals surface area contributed by atoms with Crippen LogP contribution < -0.4 is 5.32 Å². The van der Waals surface area contributed by atoms with Crippen LogP contribution in [0, 0.1) is 6.92 Å². The van der Waals surface area contributed by atoms with E-state index in [0.29, 0.717) is 22.9 Å². The highest BCUT2D eigenvalue weighted by atomic mass is 16.5. The largest absolute Gasteiger partial charge is 0.360 e. The number of rotatable bonds is 5. The molecule has 0 spiro atoms. The van der Waals surface area contributed by atoms with Gasteiger partial charge in [-0.05, 0) is 30.9 Å². The Balaban J connectivity index is 1.95. The maximum Gasteiger partial charge on any atom is 0.261 e. The fourth-order valence-corrected chi connectivity index (χ4v) is 2.88. The molecule has 0 aliphatic heterocycles. The predicted octanol–water partition coefficient (Wildman–Crippen LogP) is 5.42. The van der Waals surface area contributed by atoms with E-state index in [2.05, 4.69) is 30.4 Å². The molecule has 0 aliphatic carbocycles. The molecule has 4 heteroatoms. The summed E-state index contributed by atoms with van der Waals surface area (Å²) in [7, 11) is 0. The second kappa shape index (κ2) is 7.34. The molecule has 0 unspecified atom stereocenters. The Bertz CT molecular complexity index is 869. The van der Waals surface area contributed by atoms with Crippen molar-refractivity contribution in [2.75, 3.05) is 5.32 Å². The molecule has 0 saturated carbocycles. The molecule has 0 bridgehead atoms. The number of hydrogen-bond acceptors (Lipinski definition) is 3. The lowest BCUT2D eigenvalue weighted by Gasteiger charge is -2.15. The number of carbonyl (C=O) groups is 1. The molecule has 1 amide bonds. The number of aromatic nitrogens is 1. The van der Waals surface area contributed by atoms with Crippen molar-refractivity contribution in [1.29, 1.82) is 0 Å². The second-order valence-corrected chi connectivity index (χ2v) is 6.18. The molecule has 0 fully saturated rings. The van der Waals surface area contributed by atoms with Crippen LogP contribution in [0.15, 0.2) is 59.1 Å². The molecule has 1 aromatic heterocycles. The third kappa shape index (κ3) is 3.48. The monoisotopic (exact) mass is 334 g/mol. The van der Waals surface area contributed by atoms with Crippen LogP contribution in [0.3, 0.4) is 0 Å². The van der Waals surface area contributed by atoms with E-state index in [-0.39, 0.29) is 5.91 Å². The van der Waals surface area contributed by atoms with Gasteiger partial charge in [-0.3, -0.25) is 4.79 Å². The fourth-order valence-electron chi connectivity index (χ4n) is 2.88. The highest BCUT2D eigenvalue weighted by Gasteiger charge is 2.22. The molecule has 128 valence electrons. The summed E-state index contributed by atoms with van der Waals surface area (Å²) >= 11 is 0. The molecule has 0 aliphatic rings. The number of carbonyl (C=O) groups excluding carboxylic acids is 1. The van der Waals surface area contributed by atoms with Crippen LogP contribution in [0.2, 0.25) is 0 Å². The zero-order valence-corrected chi connectivity index (χ0v) is 14.7. The van der Waals surface area contributed by atoms with Gasteiger partial charge < -0.3 is 9.84 Å². The molecule has 1 heterocycles. The van der Waals surface area contributed by atoms with Gasteiger partial charge in [-0.1, -0.05) is 67.5 Å².